The van der Waals surface area contributed by atoms with Crippen molar-refractivity contribution >= 4 is 0 Å². The number of ether oxygens (including phenoxy) is 2. The molecule has 16 heavy (non-hydrogen) atoms. The number of alkyl halides is 3. The van der Waals surface area contributed by atoms with Gasteiger partial charge in [-0.05, 0) is 27.8 Å². The normalized spacial score (nSPS) is 14.8. The van der Waals surface area contributed by atoms with E-state index in [4.69, 9.17) is 4.74 Å². The first-order valence-corrected chi connectivity index (χ1v) is 5.25. The lowest BCUT2D eigenvalue weighted by Gasteiger charge is -2.22. The third kappa shape index (κ3) is 10.2. The maximum Gasteiger partial charge on any atom is 0.522 e. The summed E-state index contributed by atoms with van der Waals surface area (Å²) < 4.78 is 44.7. The first kappa shape index (κ1) is 15.7. The van der Waals surface area contributed by atoms with E-state index in [9.17, 15) is 13.2 Å². The van der Waals surface area contributed by atoms with Gasteiger partial charge in [-0.2, -0.15) is 0 Å². The zero-order valence-electron chi connectivity index (χ0n) is 10.2. The molecule has 0 unspecified atom stereocenters. The maximum absolute atomic E-state index is 11.8. The minimum atomic E-state index is -4.56. The van der Waals surface area contributed by atoms with Gasteiger partial charge in [-0.15, -0.1) is 13.2 Å². The van der Waals surface area contributed by atoms with E-state index >= 15 is 0 Å². The second-order valence-corrected chi connectivity index (χ2v) is 4.06. The maximum atomic E-state index is 11.8. The molecule has 0 amide bonds. The molecule has 0 aromatic heterocycles. The van der Waals surface area contributed by atoms with Crippen LogP contribution in [-0.2, 0) is 9.47 Å². The van der Waals surface area contributed by atoms with Gasteiger partial charge >= 0.3 is 6.36 Å². The van der Waals surface area contributed by atoms with Crippen LogP contribution in [0.1, 0.15) is 20.8 Å². The van der Waals surface area contributed by atoms with Crippen LogP contribution in [0.15, 0.2) is 0 Å². The summed E-state index contributed by atoms with van der Waals surface area (Å²) in [4.78, 5) is 1.75. The summed E-state index contributed by atoms with van der Waals surface area (Å²) in [5.74, 6) is 0. The molecule has 0 aromatic rings. The number of hydrogen-bond donors (Lipinski definition) is 0. The van der Waals surface area contributed by atoms with Crippen molar-refractivity contribution in [2.24, 2.45) is 0 Å². The highest BCUT2D eigenvalue weighted by Crippen LogP contribution is 2.18. The zero-order chi connectivity index (χ0) is 12.8. The molecule has 98 valence electrons. The molecule has 0 rings (SSSR count). The second-order valence-electron chi connectivity index (χ2n) is 4.06. The van der Waals surface area contributed by atoms with E-state index in [0.29, 0.717) is 13.2 Å². The van der Waals surface area contributed by atoms with Crippen molar-refractivity contribution in [2.75, 3.05) is 26.7 Å². The molecule has 0 fully saturated rings. The minimum Gasteiger partial charge on any atom is -0.377 e. The van der Waals surface area contributed by atoms with Crippen LogP contribution in [0.5, 0.6) is 0 Å². The summed E-state index contributed by atoms with van der Waals surface area (Å²) in [5, 5.41) is 0. The van der Waals surface area contributed by atoms with E-state index in [0.717, 1.165) is 0 Å². The second kappa shape index (κ2) is 7.09. The Morgan fingerprint density at radius 1 is 1.19 bits per heavy atom. The van der Waals surface area contributed by atoms with Gasteiger partial charge in [0.15, 0.2) is 0 Å². The molecule has 6 heteroatoms. The molecule has 0 saturated carbocycles. The fourth-order valence-corrected chi connectivity index (χ4v) is 1.24. The molecule has 0 saturated heterocycles. The van der Waals surface area contributed by atoms with Crippen LogP contribution in [0.4, 0.5) is 13.2 Å². The molecule has 0 radical (unpaired) electrons. The van der Waals surface area contributed by atoms with Gasteiger partial charge in [0.05, 0.1) is 18.8 Å². The van der Waals surface area contributed by atoms with Crippen molar-refractivity contribution in [3.8, 4) is 0 Å². The third-order valence-corrected chi connectivity index (χ3v) is 1.83. The Kier molecular flexibility index (Phi) is 6.94. The summed E-state index contributed by atoms with van der Waals surface area (Å²) in [6.45, 7) is 6.54. The van der Waals surface area contributed by atoms with Crippen LogP contribution in [0, 0.1) is 0 Å². The van der Waals surface area contributed by atoms with Crippen LogP contribution in [-0.4, -0.2) is 50.2 Å². The third-order valence-electron chi connectivity index (χ3n) is 1.83. The van der Waals surface area contributed by atoms with Gasteiger partial charge < -0.3 is 9.64 Å². The van der Waals surface area contributed by atoms with Gasteiger partial charge in [0.25, 0.3) is 0 Å². The van der Waals surface area contributed by atoms with E-state index in [1.807, 2.05) is 13.8 Å². The van der Waals surface area contributed by atoms with Crippen LogP contribution in [0.2, 0.25) is 0 Å². The predicted octanol–water partition coefficient (Wildman–Crippen LogP) is 2.27. The van der Waals surface area contributed by atoms with E-state index in [1.165, 1.54) is 6.92 Å². The van der Waals surface area contributed by atoms with Crippen LogP contribution < -0.4 is 0 Å². The summed E-state index contributed by atoms with van der Waals surface area (Å²) >= 11 is 0. The lowest BCUT2D eigenvalue weighted by Crippen LogP contribution is -2.35. The highest BCUT2D eigenvalue weighted by atomic mass is 19.4. The van der Waals surface area contributed by atoms with Crippen LogP contribution in [0.25, 0.3) is 0 Å². The molecule has 0 bridgehead atoms. The predicted molar refractivity (Wildman–Crippen MR) is 55.2 cm³/mol. The van der Waals surface area contributed by atoms with E-state index in [1.54, 1.807) is 11.9 Å². The molecule has 0 aliphatic heterocycles. The molecular weight excluding hydrogens is 223 g/mol. The van der Waals surface area contributed by atoms with E-state index in [2.05, 4.69) is 4.74 Å². The summed E-state index contributed by atoms with van der Waals surface area (Å²) in [5.41, 5.74) is 0. The Balaban J connectivity index is 3.66. The molecule has 0 heterocycles. The summed E-state index contributed by atoms with van der Waals surface area (Å²) in [6, 6.07) is 0. The molecule has 0 N–H and O–H groups in total. The average Bonchev–Trinajstić information content (AvgIpc) is 1.98. The molecule has 1 atom stereocenters. The molecule has 0 aromatic carbocycles. The van der Waals surface area contributed by atoms with Crippen molar-refractivity contribution in [2.45, 2.75) is 39.3 Å². The van der Waals surface area contributed by atoms with Crippen molar-refractivity contribution < 1.29 is 22.6 Å². The SMILES string of the molecule is CC(C)OCCN(C)C[C@@H](C)OC(F)(F)F. The fraction of sp³-hybridized carbons (Fsp3) is 1.00. The number of hydrogen-bond acceptors (Lipinski definition) is 3. The molecular formula is C10H20F3NO2. The molecule has 0 aliphatic rings. The lowest BCUT2D eigenvalue weighted by atomic mass is 10.3. The molecule has 3 nitrogen and oxygen atoms in total. The molecule has 0 spiro atoms. The van der Waals surface area contributed by atoms with Gasteiger partial charge in [-0.1, -0.05) is 0 Å². The Morgan fingerprint density at radius 3 is 2.19 bits per heavy atom. The smallest absolute Gasteiger partial charge is 0.377 e. The van der Waals surface area contributed by atoms with Crippen molar-refractivity contribution in [3.05, 3.63) is 0 Å². The first-order valence-electron chi connectivity index (χ1n) is 5.25. The Bertz CT molecular complexity index is 185. The Labute approximate surface area is 94.5 Å². The van der Waals surface area contributed by atoms with Gasteiger partial charge in [-0.25, -0.2) is 0 Å². The lowest BCUT2D eigenvalue weighted by molar-refractivity contribution is -0.341. The van der Waals surface area contributed by atoms with E-state index < -0.39 is 12.5 Å². The number of nitrogens with zero attached hydrogens (tertiary/aromatic N) is 1. The quantitative estimate of drug-likeness (QED) is 0.684. The number of likely N-dealkylation sites (N-methyl/N-ethyl adjacent to an activating group) is 1. The topological polar surface area (TPSA) is 21.7 Å². The fourth-order valence-electron chi connectivity index (χ4n) is 1.24. The highest BCUT2D eigenvalue weighted by Gasteiger charge is 2.32. The average molecular weight is 243 g/mol. The zero-order valence-corrected chi connectivity index (χ0v) is 10.2. The van der Waals surface area contributed by atoms with Crippen molar-refractivity contribution in [1.29, 1.82) is 0 Å². The standard InChI is InChI=1S/C10H20F3NO2/c1-8(2)15-6-5-14(4)7-9(3)16-10(11,12)13/h8-9H,5-7H2,1-4H3/t9-/m1/s1. The van der Waals surface area contributed by atoms with Crippen molar-refractivity contribution in [3.63, 3.8) is 0 Å². The Morgan fingerprint density at radius 2 is 1.75 bits per heavy atom. The van der Waals surface area contributed by atoms with Crippen LogP contribution >= 0.6 is 0 Å². The number of rotatable bonds is 7. The molecule has 0 aliphatic carbocycles. The monoisotopic (exact) mass is 243 g/mol. The largest absolute Gasteiger partial charge is 0.522 e. The van der Waals surface area contributed by atoms with Gasteiger partial charge in [0, 0.05) is 13.1 Å². The van der Waals surface area contributed by atoms with Gasteiger partial charge in [0.1, 0.15) is 0 Å². The first-order chi connectivity index (χ1) is 7.20. The summed E-state index contributed by atoms with van der Waals surface area (Å²) in [7, 11) is 1.74. The summed E-state index contributed by atoms with van der Waals surface area (Å²) in [6.07, 6.45) is -5.30. The van der Waals surface area contributed by atoms with E-state index in [-0.39, 0.29) is 12.6 Å². The number of halogens is 3. The van der Waals surface area contributed by atoms with Crippen molar-refractivity contribution in [1.82, 2.24) is 4.90 Å². The van der Waals surface area contributed by atoms with Crippen LogP contribution in [0.3, 0.4) is 0 Å². The highest BCUT2D eigenvalue weighted by molar-refractivity contribution is 4.58. The Hall–Kier alpha value is -0.330. The minimum absolute atomic E-state index is 0.136. The van der Waals surface area contributed by atoms with Gasteiger partial charge in [-0.3, -0.25) is 4.74 Å². The van der Waals surface area contributed by atoms with Gasteiger partial charge in [0.2, 0.25) is 0 Å².